The van der Waals surface area contributed by atoms with Crippen LogP contribution in [0.25, 0.3) is 0 Å². The number of hydrogen-bond acceptors (Lipinski definition) is 3. The van der Waals surface area contributed by atoms with Gasteiger partial charge in [0.2, 0.25) is 0 Å². The van der Waals surface area contributed by atoms with Crippen LogP contribution < -0.4 is 0 Å². The van der Waals surface area contributed by atoms with Crippen molar-refractivity contribution < 1.29 is 9.63 Å². The first-order chi connectivity index (χ1) is 6.61. The Labute approximate surface area is 84.5 Å². The Morgan fingerprint density at radius 2 is 2.21 bits per heavy atom. The van der Waals surface area contributed by atoms with Crippen LogP contribution in [-0.4, -0.2) is 19.1 Å². The van der Waals surface area contributed by atoms with Gasteiger partial charge in [0.1, 0.15) is 13.4 Å². The summed E-state index contributed by atoms with van der Waals surface area (Å²) in [4.78, 5) is 15.7. The molecule has 0 amide bonds. The third kappa shape index (κ3) is 1.11. The largest absolute Gasteiger partial charge is 0.399 e. The van der Waals surface area contributed by atoms with E-state index in [1.54, 1.807) is 7.11 Å². The quantitative estimate of drug-likeness (QED) is 0.498. The molecule has 0 unspecified atom stereocenters. The highest BCUT2D eigenvalue weighted by Crippen LogP contribution is 2.59. The highest BCUT2D eigenvalue weighted by Gasteiger charge is 2.56. The van der Waals surface area contributed by atoms with E-state index in [1.807, 2.05) is 0 Å². The van der Waals surface area contributed by atoms with Gasteiger partial charge in [-0.25, -0.2) is 0 Å². The molecular formula is C11H17NO2. The van der Waals surface area contributed by atoms with Gasteiger partial charge in [0, 0.05) is 5.92 Å². The first-order valence-corrected chi connectivity index (χ1v) is 5.17. The SMILES string of the molecule is CON=C1[C@@H](C=O)C[C@H]2C[C@@H]1C2(C)C. The van der Waals surface area contributed by atoms with Crippen LogP contribution in [0.4, 0.5) is 0 Å². The summed E-state index contributed by atoms with van der Waals surface area (Å²) in [5.74, 6) is 1.15. The molecule has 0 aromatic heterocycles. The van der Waals surface area contributed by atoms with Gasteiger partial charge in [-0.2, -0.15) is 0 Å². The van der Waals surface area contributed by atoms with Crippen molar-refractivity contribution in [1.29, 1.82) is 0 Å². The van der Waals surface area contributed by atoms with Gasteiger partial charge in [-0.3, -0.25) is 0 Å². The topological polar surface area (TPSA) is 38.7 Å². The van der Waals surface area contributed by atoms with Crippen LogP contribution in [0.5, 0.6) is 0 Å². The fraction of sp³-hybridized carbons (Fsp3) is 0.818. The Hall–Kier alpha value is -0.860. The molecule has 3 fully saturated rings. The average Bonchev–Trinajstić information content (AvgIpc) is 2.18. The molecule has 0 aliphatic heterocycles. The summed E-state index contributed by atoms with van der Waals surface area (Å²) in [6.45, 7) is 4.52. The van der Waals surface area contributed by atoms with Crippen molar-refractivity contribution in [2.24, 2.45) is 28.3 Å². The summed E-state index contributed by atoms with van der Waals surface area (Å²) < 4.78 is 0. The molecule has 2 bridgehead atoms. The van der Waals surface area contributed by atoms with E-state index in [-0.39, 0.29) is 5.92 Å². The molecule has 0 radical (unpaired) electrons. The van der Waals surface area contributed by atoms with Gasteiger partial charge in [0.25, 0.3) is 0 Å². The maximum absolute atomic E-state index is 10.9. The Bertz CT molecular complexity index is 283. The molecule has 0 N–H and O–H groups in total. The monoisotopic (exact) mass is 195 g/mol. The standard InChI is InChI=1S/C11H17NO2/c1-11(2)8-4-7(6-13)10(12-14-3)9(11)5-8/h6-9H,4-5H2,1-3H3/t7-,8+,9+/m1/s1. The summed E-state index contributed by atoms with van der Waals surface area (Å²) in [5, 5.41) is 4.04. The van der Waals surface area contributed by atoms with Gasteiger partial charge in [0.05, 0.1) is 11.6 Å². The fourth-order valence-electron chi connectivity index (χ4n) is 2.97. The lowest BCUT2D eigenvalue weighted by Crippen LogP contribution is -2.56. The molecule has 3 aliphatic carbocycles. The summed E-state index contributed by atoms with van der Waals surface area (Å²) in [7, 11) is 1.55. The van der Waals surface area contributed by atoms with E-state index in [0.717, 1.165) is 18.4 Å². The highest BCUT2D eigenvalue weighted by molar-refractivity contribution is 6.00. The molecule has 3 atom stereocenters. The first kappa shape index (κ1) is 9.69. The predicted octanol–water partition coefficient (Wildman–Crippen LogP) is 1.87. The van der Waals surface area contributed by atoms with Crippen LogP contribution in [-0.2, 0) is 9.63 Å². The number of rotatable bonds is 2. The van der Waals surface area contributed by atoms with Crippen molar-refractivity contribution in [2.45, 2.75) is 26.7 Å². The Morgan fingerprint density at radius 3 is 2.71 bits per heavy atom. The summed E-state index contributed by atoms with van der Waals surface area (Å²) in [6, 6.07) is 0. The second-order valence-corrected chi connectivity index (χ2v) is 4.98. The molecular weight excluding hydrogens is 178 g/mol. The number of fused-ring (bicyclic) bond motifs is 2. The lowest BCUT2D eigenvalue weighted by atomic mass is 9.46. The fourth-order valence-corrected chi connectivity index (χ4v) is 2.97. The van der Waals surface area contributed by atoms with Crippen LogP contribution >= 0.6 is 0 Å². The number of nitrogens with zero attached hydrogens (tertiary/aromatic N) is 1. The number of carbonyl (C=O) groups excluding carboxylic acids is 1. The van der Waals surface area contributed by atoms with Crippen molar-refractivity contribution >= 4 is 12.0 Å². The number of hydrogen-bond donors (Lipinski definition) is 0. The maximum atomic E-state index is 10.9. The van der Waals surface area contributed by atoms with Crippen LogP contribution in [0.1, 0.15) is 26.7 Å². The van der Waals surface area contributed by atoms with E-state index >= 15 is 0 Å². The van der Waals surface area contributed by atoms with Crippen LogP contribution in [0.3, 0.4) is 0 Å². The summed E-state index contributed by atoms with van der Waals surface area (Å²) in [5.41, 5.74) is 1.28. The molecule has 78 valence electrons. The van der Waals surface area contributed by atoms with E-state index in [2.05, 4.69) is 19.0 Å². The molecule has 3 nitrogen and oxygen atoms in total. The molecule has 0 spiro atoms. The van der Waals surface area contributed by atoms with Gasteiger partial charge >= 0.3 is 0 Å². The number of aldehydes is 1. The predicted molar refractivity (Wildman–Crippen MR) is 54.0 cm³/mol. The zero-order chi connectivity index (χ0) is 10.3. The van der Waals surface area contributed by atoms with Crippen molar-refractivity contribution in [2.75, 3.05) is 7.11 Å². The summed E-state index contributed by atoms with van der Waals surface area (Å²) >= 11 is 0. The Kier molecular flexibility index (Phi) is 2.13. The molecule has 3 saturated carbocycles. The smallest absolute Gasteiger partial charge is 0.128 e. The van der Waals surface area contributed by atoms with Gasteiger partial charge in [-0.1, -0.05) is 19.0 Å². The van der Waals surface area contributed by atoms with Gasteiger partial charge in [0.15, 0.2) is 0 Å². The van der Waals surface area contributed by atoms with Crippen LogP contribution in [0.2, 0.25) is 0 Å². The third-order valence-corrected chi connectivity index (χ3v) is 4.11. The minimum atomic E-state index is 0.00623. The van der Waals surface area contributed by atoms with E-state index in [0.29, 0.717) is 17.3 Å². The molecule has 3 aliphatic rings. The van der Waals surface area contributed by atoms with E-state index < -0.39 is 0 Å². The lowest BCUT2D eigenvalue weighted by Gasteiger charge is -2.58. The van der Waals surface area contributed by atoms with E-state index in [1.165, 1.54) is 6.42 Å². The molecule has 0 aromatic rings. The highest BCUT2D eigenvalue weighted by atomic mass is 16.6. The zero-order valence-corrected chi connectivity index (χ0v) is 8.99. The van der Waals surface area contributed by atoms with Crippen LogP contribution in [0.15, 0.2) is 5.16 Å². The number of carbonyl (C=O) groups is 1. The molecule has 14 heavy (non-hydrogen) atoms. The van der Waals surface area contributed by atoms with Gasteiger partial charge < -0.3 is 9.63 Å². The second-order valence-electron chi connectivity index (χ2n) is 4.98. The van der Waals surface area contributed by atoms with Crippen LogP contribution in [0, 0.1) is 23.2 Å². The normalized spacial score (nSPS) is 41.6. The molecule has 3 rings (SSSR count). The minimum Gasteiger partial charge on any atom is -0.399 e. The minimum absolute atomic E-state index is 0.00623. The maximum Gasteiger partial charge on any atom is 0.128 e. The molecule has 0 heterocycles. The first-order valence-electron chi connectivity index (χ1n) is 5.17. The third-order valence-electron chi connectivity index (χ3n) is 4.11. The van der Waals surface area contributed by atoms with Crippen molar-refractivity contribution in [1.82, 2.24) is 0 Å². The zero-order valence-electron chi connectivity index (χ0n) is 8.99. The Balaban J connectivity index is 2.26. The second kappa shape index (κ2) is 3.07. The Morgan fingerprint density at radius 1 is 1.50 bits per heavy atom. The average molecular weight is 195 g/mol. The molecule has 0 saturated heterocycles. The summed E-state index contributed by atoms with van der Waals surface area (Å²) in [6.07, 6.45) is 3.15. The molecule has 0 aromatic carbocycles. The van der Waals surface area contributed by atoms with Crippen molar-refractivity contribution in [3.05, 3.63) is 0 Å². The van der Waals surface area contributed by atoms with E-state index in [9.17, 15) is 4.79 Å². The van der Waals surface area contributed by atoms with Gasteiger partial charge in [-0.05, 0) is 24.2 Å². The van der Waals surface area contributed by atoms with Crippen molar-refractivity contribution in [3.8, 4) is 0 Å². The van der Waals surface area contributed by atoms with Gasteiger partial charge in [-0.15, -0.1) is 0 Å². The molecule has 3 heteroatoms. The number of oxime groups is 1. The van der Waals surface area contributed by atoms with Crippen molar-refractivity contribution in [3.63, 3.8) is 0 Å². The van der Waals surface area contributed by atoms with E-state index in [4.69, 9.17) is 4.84 Å². The lowest BCUT2D eigenvalue weighted by molar-refractivity contribution is -0.113.